The van der Waals surface area contributed by atoms with E-state index in [-0.39, 0.29) is 0 Å². The molecule has 5 nitrogen and oxygen atoms in total. The van der Waals surface area contributed by atoms with Crippen LogP contribution in [0.4, 0.5) is 8.78 Å². The maximum atomic E-state index is 12.7. The van der Waals surface area contributed by atoms with Crippen LogP contribution in [-0.2, 0) is 4.74 Å². The van der Waals surface area contributed by atoms with E-state index in [2.05, 4.69) is 4.74 Å². The summed E-state index contributed by atoms with van der Waals surface area (Å²) in [5, 5.41) is 35.0. The van der Waals surface area contributed by atoms with Gasteiger partial charge in [0.2, 0.25) is 6.29 Å². The molecule has 2 unspecified atom stereocenters. The first-order valence-corrected chi connectivity index (χ1v) is 3.59. The number of rotatable bonds is 1. The van der Waals surface area contributed by atoms with Crippen LogP contribution in [-0.4, -0.2) is 57.6 Å². The van der Waals surface area contributed by atoms with Gasteiger partial charge in [0.15, 0.2) is 6.10 Å². The monoisotopic (exact) mass is 199 g/mol. The predicted octanol–water partition coefficient (Wildman–Crippen LogP) is -1.95. The van der Waals surface area contributed by atoms with Crippen LogP contribution in [0.1, 0.15) is 0 Å². The highest BCUT2D eigenvalue weighted by Gasteiger charge is 2.56. The van der Waals surface area contributed by atoms with Gasteiger partial charge in [0.1, 0.15) is 12.2 Å². The third-order valence-corrected chi connectivity index (χ3v) is 1.91. The molecule has 1 fully saturated rings. The third kappa shape index (κ3) is 1.65. The van der Waals surface area contributed by atoms with Gasteiger partial charge in [-0.1, -0.05) is 0 Å². The van der Waals surface area contributed by atoms with Gasteiger partial charge in [-0.05, 0) is 0 Å². The lowest BCUT2D eigenvalue weighted by molar-refractivity contribution is -0.345. The lowest BCUT2D eigenvalue weighted by Gasteiger charge is -2.39. The second-order valence-electron chi connectivity index (χ2n) is 2.82. The number of hydrogen-bond donors (Lipinski definition) is 4. The Bertz CT molecular complexity index is 188. The van der Waals surface area contributed by atoms with E-state index in [0.29, 0.717) is 0 Å². The molecule has 0 amide bonds. The van der Waals surface area contributed by atoms with E-state index in [9.17, 15) is 8.78 Å². The molecule has 1 aliphatic heterocycles. The summed E-state index contributed by atoms with van der Waals surface area (Å²) in [6.07, 6.45) is -8.26. The number of alkyl halides is 2. The van der Waals surface area contributed by atoms with Gasteiger partial charge >= 0.3 is 5.92 Å². The van der Waals surface area contributed by atoms with Crippen LogP contribution in [0.3, 0.4) is 0 Å². The molecule has 1 heterocycles. The van der Waals surface area contributed by atoms with Crippen molar-refractivity contribution in [1.29, 1.82) is 0 Å². The van der Waals surface area contributed by atoms with E-state index < -0.39 is 37.1 Å². The van der Waals surface area contributed by atoms with E-state index in [0.717, 1.165) is 0 Å². The number of aliphatic hydroxyl groups is 4. The molecule has 1 rings (SSSR count). The van der Waals surface area contributed by atoms with E-state index in [1.165, 1.54) is 0 Å². The molecule has 1 saturated heterocycles. The van der Waals surface area contributed by atoms with Gasteiger partial charge in [-0.25, -0.2) is 0 Å². The summed E-state index contributed by atoms with van der Waals surface area (Å²) >= 11 is 0. The normalized spacial score (nSPS) is 52.2. The fourth-order valence-corrected chi connectivity index (χ4v) is 1.06. The van der Waals surface area contributed by atoms with Crippen molar-refractivity contribution in [2.24, 2.45) is 0 Å². The Morgan fingerprint density at radius 1 is 1.23 bits per heavy atom. The molecule has 0 aromatic carbocycles. The maximum Gasteiger partial charge on any atom is 0.325 e. The number of hydrogen-bond acceptors (Lipinski definition) is 5. The predicted molar refractivity (Wildman–Crippen MR) is 34.9 cm³/mol. The average Bonchev–Trinajstić information content (AvgIpc) is 2.09. The fourth-order valence-electron chi connectivity index (χ4n) is 1.06. The van der Waals surface area contributed by atoms with Gasteiger partial charge in [0, 0.05) is 0 Å². The van der Waals surface area contributed by atoms with E-state index >= 15 is 0 Å². The molecule has 0 aromatic heterocycles. The highest BCUT2D eigenvalue weighted by atomic mass is 19.2. The summed E-state index contributed by atoms with van der Waals surface area (Å²) in [7, 11) is 0. The smallest absolute Gasteiger partial charge is 0.325 e. The zero-order valence-electron chi connectivity index (χ0n) is 6.47. The molecule has 4 N–H and O–H groups in total. The molecule has 5 atom stereocenters. The highest BCUT2D eigenvalue weighted by Crippen LogP contribution is 2.33. The number of halogens is 2. The van der Waals surface area contributed by atoms with Crippen molar-refractivity contribution in [3.63, 3.8) is 0 Å². The van der Waals surface area contributed by atoms with E-state index in [1.807, 2.05) is 0 Å². The van der Waals surface area contributed by atoms with Crippen molar-refractivity contribution < 1.29 is 33.9 Å². The Labute approximate surface area is 72.2 Å². The molecule has 0 aliphatic carbocycles. The first-order valence-electron chi connectivity index (χ1n) is 3.59. The Morgan fingerprint density at radius 2 is 1.77 bits per heavy atom. The van der Waals surface area contributed by atoms with Gasteiger partial charge in [0.05, 0.1) is 6.61 Å². The van der Waals surface area contributed by atoms with Crippen molar-refractivity contribution in [2.45, 2.75) is 30.5 Å². The van der Waals surface area contributed by atoms with Crippen molar-refractivity contribution in [3.05, 3.63) is 0 Å². The molecule has 0 radical (unpaired) electrons. The third-order valence-electron chi connectivity index (χ3n) is 1.91. The van der Waals surface area contributed by atoms with Gasteiger partial charge < -0.3 is 25.2 Å². The molecular weight excluding hydrogens is 189 g/mol. The summed E-state index contributed by atoms with van der Waals surface area (Å²) in [5.74, 6) is -3.93. The first kappa shape index (κ1) is 10.7. The second-order valence-corrected chi connectivity index (χ2v) is 2.82. The lowest BCUT2D eigenvalue weighted by Crippen LogP contribution is -2.62. The standard InChI is InChI=1S/C6H10F2O5/c7-6(8)4(11)3(10)2(1-9)13-5(6)12/h2-5,9-12H,1H2/t2-,3-,4+,5?/m1/s1/i7-1/t2-,3-,4+,5?,6?. The first-order chi connectivity index (χ1) is 5.91. The van der Waals surface area contributed by atoms with Gasteiger partial charge in [0.25, 0.3) is 0 Å². The SMILES string of the molecule is OC[C@H]1OC(O)C(F)([18F])[C@@H](O)[C@@H]1O. The van der Waals surface area contributed by atoms with Crippen LogP contribution < -0.4 is 0 Å². The quantitative estimate of drug-likeness (QED) is 0.394. The molecule has 13 heavy (non-hydrogen) atoms. The van der Waals surface area contributed by atoms with Gasteiger partial charge in [-0.2, -0.15) is 8.78 Å². The van der Waals surface area contributed by atoms with Crippen molar-refractivity contribution in [2.75, 3.05) is 6.61 Å². The Balaban J connectivity index is 2.79. The minimum atomic E-state index is -3.93. The van der Waals surface area contributed by atoms with E-state index in [4.69, 9.17) is 20.4 Å². The van der Waals surface area contributed by atoms with Crippen LogP contribution in [0.15, 0.2) is 0 Å². The van der Waals surface area contributed by atoms with Gasteiger partial charge in [-0.15, -0.1) is 0 Å². The zero-order chi connectivity index (χ0) is 10.2. The molecule has 0 saturated carbocycles. The lowest BCUT2D eigenvalue weighted by atomic mass is 9.98. The summed E-state index contributed by atoms with van der Waals surface area (Å²) in [4.78, 5) is 0. The molecule has 0 spiro atoms. The topological polar surface area (TPSA) is 90.2 Å². The Kier molecular flexibility index (Phi) is 2.83. The summed E-state index contributed by atoms with van der Waals surface area (Å²) < 4.78 is 29.5. The van der Waals surface area contributed by atoms with Crippen molar-refractivity contribution in [1.82, 2.24) is 0 Å². The van der Waals surface area contributed by atoms with Crippen LogP contribution >= 0.6 is 0 Å². The molecular formula is C6H10F2O5. The minimum Gasteiger partial charge on any atom is -0.394 e. The number of aliphatic hydroxyl groups excluding tert-OH is 4. The largest absolute Gasteiger partial charge is 0.394 e. The summed E-state index contributed by atoms with van der Waals surface area (Å²) in [6.45, 7) is -0.759. The zero-order valence-corrected chi connectivity index (χ0v) is 6.47. The summed E-state index contributed by atoms with van der Waals surface area (Å²) in [5.41, 5.74) is 0. The molecule has 78 valence electrons. The van der Waals surface area contributed by atoms with Crippen LogP contribution in [0, 0.1) is 0 Å². The molecule has 0 aromatic rings. The fraction of sp³-hybridized carbons (Fsp3) is 1.00. The summed E-state index contributed by atoms with van der Waals surface area (Å²) in [6, 6.07) is 0. The minimum absolute atomic E-state index is 0.759. The molecule has 1 aliphatic rings. The maximum absolute atomic E-state index is 12.7. The Morgan fingerprint density at radius 3 is 2.23 bits per heavy atom. The average molecular weight is 199 g/mol. The van der Waals surface area contributed by atoms with Crippen molar-refractivity contribution in [3.8, 4) is 0 Å². The van der Waals surface area contributed by atoms with Gasteiger partial charge in [-0.3, -0.25) is 0 Å². The second kappa shape index (κ2) is 3.43. The van der Waals surface area contributed by atoms with E-state index in [1.54, 1.807) is 0 Å². The van der Waals surface area contributed by atoms with Crippen LogP contribution in [0.25, 0.3) is 0 Å². The number of ether oxygens (including phenoxy) is 1. The molecule has 0 bridgehead atoms. The Hall–Kier alpha value is -0.340. The van der Waals surface area contributed by atoms with Crippen molar-refractivity contribution >= 4 is 0 Å². The van der Waals surface area contributed by atoms with Crippen LogP contribution in [0.2, 0.25) is 0 Å². The van der Waals surface area contributed by atoms with Crippen LogP contribution in [0.5, 0.6) is 0 Å². The molecule has 7 heteroatoms. The highest BCUT2D eigenvalue weighted by molar-refractivity contribution is 4.93.